The maximum atomic E-state index is 11.0. The molecule has 5 nitrogen and oxygen atoms in total. The van der Waals surface area contributed by atoms with Gasteiger partial charge in [-0.2, -0.15) is 5.10 Å². The molecule has 1 atom stereocenters. The Hall–Kier alpha value is -1.36. The zero-order valence-electron chi connectivity index (χ0n) is 9.44. The highest BCUT2D eigenvalue weighted by Gasteiger charge is 2.22. The Labute approximate surface area is 94.5 Å². The monoisotopic (exact) mass is 223 g/mol. The van der Waals surface area contributed by atoms with Gasteiger partial charge in [-0.25, -0.2) is 4.79 Å². The van der Waals surface area contributed by atoms with Crippen molar-refractivity contribution in [3.05, 3.63) is 17.5 Å². The van der Waals surface area contributed by atoms with Crippen LogP contribution in [0, 0.1) is 0 Å². The molecule has 0 aromatic carbocycles. The molecule has 16 heavy (non-hydrogen) atoms. The van der Waals surface area contributed by atoms with Crippen LogP contribution >= 0.6 is 0 Å². The van der Waals surface area contributed by atoms with Crippen molar-refractivity contribution in [3.8, 4) is 0 Å². The number of hydrogen-bond acceptors (Lipinski definition) is 3. The lowest BCUT2D eigenvalue weighted by Gasteiger charge is -2.24. The smallest absolute Gasteiger partial charge is 0.339 e. The number of hydrogen-bond donors (Lipinski definition) is 2. The molecule has 2 rings (SSSR count). The lowest BCUT2D eigenvalue weighted by Crippen LogP contribution is -2.33. The number of nitrogens with zero attached hydrogens (tertiary/aromatic N) is 2. The molecule has 0 amide bonds. The molecule has 0 saturated carbocycles. The molecule has 1 saturated heterocycles. The molecule has 88 valence electrons. The number of nitrogens with one attached hydrogen (secondary N) is 1. The molecule has 1 aliphatic rings. The van der Waals surface area contributed by atoms with E-state index in [-0.39, 0.29) is 0 Å². The highest BCUT2D eigenvalue weighted by Crippen LogP contribution is 2.20. The Morgan fingerprint density at radius 2 is 2.56 bits per heavy atom. The van der Waals surface area contributed by atoms with Crippen LogP contribution in [0.15, 0.2) is 6.20 Å². The van der Waals surface area contributed by atoms with Crippen molar-refractivity contribution in [3.63, 3.8) is 0 Å². The lowest BCUT2D eigenvalue weighted by atomic mass is 10.1. The Bertz CT molecular complexity index is 381. The fourth-order valence-corrected chi connectivity index (χ4v) is 2.28. The molecule has 5 heteroatoms. The molecule has 2 N–H and O–H groups in total. The normalized spacial score (nSPS) is 20.9. The summed E-state index contributed by atoms with van der Waals surface area (Å²) in [6.45, 7) is 3.90. The fraction of sp³-hybridized carbons (Fsp3) is 0.636. The Morgan fingerprint density at radius 3 is 3.12 bits per heavy atom. The Kier molecular flexibility index (Phi) is 3.24. The number of carbonyl (C=O) groups is 1. The summed E-state index contributed by atoms with van der Waals surface area (Å²) in [6, 6.07) is 0.303. The predicted octanol–water partition coefficient (Wildman–Crippen LogP) is 1.07. The molecule has 0 spiro atoms. The van der Waals surface area contributed by atoms with E-state index in [1.807, 2.05) is 11.6 Å². The minimum atomic E-state index is -0.883. The standard InChI is InChI=1S/C11H17N3O2/c1-2-10-9(11(15)16)7-13-14(10)8-4-3-5-12-6-8/h7-8,12H,2-6H2,1H3,(H,15,16)/t8-/m0/s1. The van der Waals surface area contributed by atoms with E-state index in [9.17, 15) is 4.79 Å². The molecule has 0 bridgehead atoms. The summed E-state index contributed by atoms with van der Waals surface area (Å²) in [5.41, 5.74) is 1.18. The lowest BCUT2D eigenvalue weighted by molar-refractivity contribution is 0.0695. The van der Waals surface area contributed by atoms with Crippen molar-refractivity contribution >= 4 is 5.97 Å². The van der Waals surface area contributed by atoms with E-state index in [1.54, 1.807) is 0 Å². The van der Waals surface area contributed by atoms with Gasteiger partial charge in [-0.1, -0.05) is 6.92 Å². The van der Waals surface area contributed by atoms with Gasteiger partial charge in [0, 0.05) is 6.54 Å². The summed E-state index contributed by atoms with van der Waals surface area (Å²) >= 11 is 0. The molecular formula is C11H17N3O2. The molecule has 0 unspecified atom stereocenters. The van der Waals surface area contributed by atoms with Crippen molar-refractivity contribution in [1.29, 1.82) is 0 Å². The Morgan fingerprint density at radius 1 is 1.75 bits per heavy atom. The van der Waals surface area contributed by atoms with Gasteiger partial charge in [-0.3, -0.25) is 4.68 Å². The summed E-state index contributed by atoms with van der Waals surface area (Å²) in [7, 11) is 0. The van der Waals surface area contributed by atoms with Crippen LogP contribution in [0.25, 0.3) is 0 Å². The van der Waals surface area contributed by atoms with Crippen LogP contribution in [0.4, 0.5) is 0 Å². The first-order valence-electron chi connectivity index (χ1n) is 5.74. The molecule has 1 aromatic rings. The van der Waals surface area contributed by atoms with Crippen molar-refractivity contribution in [2.75, 3.05) is 13.1 Å². The molecule has 1 aliphatic heterocycles. The predicted molar refractivity (Wildman–Crippen MR) is 59.7 cm³/mol. The molecule has 1 fully saturated rings. The number of rotatable bonds is 3. The third-order valence-electron chi connectivity index (χ3n) is 3.08. The van der Waals surface area contributed by atoms with Crippen molar-refractivity contribution in [1.82, 2.24) is 15.1 Å². The van der Waals surface area contributed by atoms with Crippen LogP contribution in [0.2, 0.25) is 0 Å². The van der Waals surface area contributed by atoms with Crippen LogP contribution in [0.3, 0.4) is 0 Å². The van der Waals surface area contributed by atoms with E-state index >= 15 is 0 Å². The minimum Gasteiger partial charge on any atom is -0.478 e. The Balaban J connectivity index is 2.29. The third-order valence-corrected chi connectivity index (χ3v) is 3.08. The highest BCUT2D eigenvalue weighted by molar-refractivity contribution is 5.88. The van der Waals surface area contributed by atoms with Crippen molar-refractivity contribution in [2.45, 2.75) is 32.2 Å². The van der Waals surface area contributed by atoms with Gasteiger partial charge >= 0.3 is 5.97 Å². The van der Waals surface area contributed by atoms with Crippen LogP contribution in [-0.4, -0.2) is 33.9 Å². The third kappa shape index (κ3) is 1.95. The second kappa shape index (κ2) is 4.65. The van der Waals surface area contributed by atoms with Gasteiger partial charge in [-0.15, -0.1) is 0 Å². The molecule has 0 radical (unpaired) electrons. The topological polar surface area (TPSA) is 67.1 Å². The van der Waals surface area contributed by atoms with Gasteiger partial charge in [-0.05, 0) is 25.8 Å². The summed E-state index contributed by atoms with van der Waals surface area (Å²) in [6.07, 6.45) is 4.37. The summed E-state index contributed by atoms with van der Waals surface area (Å²) in [5.74, 6) is -0.883. The van der Waals surface area contributed by atoms with Crippen LogP contribution in [0.5, 0.6) is 0 Å². The quantitative estimate of drug-likeness (QED) is 0.804. The van der Waals surface area contributed by atoms with E-state index in [1.165, 1.54) is 6.20 Å². The number of carboxylic acids is 1. The zero-order chi connectivity index (χ0) is 11.5. The second-order valence-electron chi connectivity index (χ2n) is 4.11. The van der Waals surface area contributed by atoms with E-state index in [2.05, 4.69) is 10.4 Å². The molecule has 2 heterocycles. The van der Waals surface area contributed by atoms with Gasteiger partial charge in [0.15, 0.2) is 0 Å². The minimum absolute atomic E-state index is 0.303. The highest BCUT2D eigenvalue weighted by atomic mass is 16.4. The first-order valence-corrected chi connectivity index (χ1v) is 5.74. The largest absolute Gasteiger partial charge is 0.478 e. The maximum absolute atomic E-state index is 11.0. The zero-order valence-corrected chi connectivity index (χ0v) is 9.44. The van der Waals surface area contributed by atoms with Crippen molar-refractivity contribution in [2.24, 2.45) is 0 Å². The average Bonchev–Trinajstić information content (AvgIpc) is 2.73. The summed E-state index contributed by atoms with van der Waals surface area (Å²) < 4.78 is 1.88. The first-order chi connectivity index (χ1) is 7.74. The van der Waals surface area contributed by atoms with E-state index in [4.69, 9.17) is 5.11 Å². The van der Waals surface area contributed by atoms with Gasteiger partial charge in [0.25, 0.3) is 0 Å². The SMILES string of the molecule is CCc1c(C(=O)O)cnn1[C@H]1CCCNC1. The van der Waals surface area contributed by atoms with Crippen LogP contribution < -0.4 is 5.32 Å². The van der Waals surface area contributed by atoms with E-state index in [0.29, 0.717) is 18.0 Å². The summed E-state index contributed by atoms with van der Waals surface area (Å²) in [4.78, 5) is 11.0. The average molecular weight is 223 g/mol. The van der Waals surface area contributed by atoms with E-state index < -0.39 is 5.97 Å². The van der Waals surface area contributed by atoms with Gasteiger partial charge < -0.3 is 10.4 Å². The second-order valence-corrected chi connectivity index (χ2v) is 4.11. The van der Waals surface area contributed by atoms with Gasteiger partial charge in [0.05, 0.1) is 17.9 Å². The van der Waals surface area contributed by atoms with Gasteiger partial charge in [0.2, 0.25) is 0 Å². The number of aromatic carboxylic acids is 1. The maximum Gasteiger partial charge on any atom is 0.339 e. The fourth-order valence-electron chi connectivity index (χ4n) is 2.28. The molecule has 1 aromatic heterocycles. The summed E-state index contributed by atoms with van der Waals surface area (Å²) in [5, 5.41) is 16.6. The van der Waals surface area contributed by atoms with E-state index in [0.717, 1.165) is 31.6 Å². The van der Waals surface area contributed by atoms with Crippen LogP contribution in [0.1, 0.15) is 41.9 Å². The molecular weight excluding hydrogens is 206 g/mol. The molecule has 0 aliphatic carbocycles. The number of piperidine rings is 1. The van der Waals surface area contributed by atoms with Gasteiger partial charge in [0.1, 0.15) is 5.56 Å². The number of carboxylic acid groups (broad SMARTS) is 1. The van der Waals surface area contributed by atoms with Crippen molar-refractivity contribution < 1.29 is 9.90 Å². The van der Waals surface area contributed by atoms with Crippen LogP contribution in [-0.2, 0) is 6.42 Å². The number of aromatic nitrogens is 2. The first kappa shape index (κ1) is 11.1.